The molecule has 3 N–H and O–H groups in total. The minimum Gasteiger partial charge on any atom is -0.508 e. The lowest BCUT2D eigenvalue weighted by atomic mass is 10.2. The van der Waals surface area contributed by atoms with E-state index in [2.05, 4.69) is 15.2 Å². The van der Waals surface area contributed by atoms with Gasteiger partial charge in [-0.1, -0.05) is 0 Å². The Labute approximate surface area is 159 Å². The summed E-state index contributed by atoms with van der Waals surface area (Å²) < 4.78 is 26.5. The second-order valence-electron chi connectivity index (χ2n) is 4.87. The molecule has 0 spiro atoms. The maximum absolute atomic E-state index is 12.5. The number of nitrogens with zero attached hydrogens (tertiary/aromatic N) is 2. The molecule has 0 aliphatic heterocycles. The van der Waals surface area contributed by atoms with Gasteiger partial charge in [0.05, 0.1) is 0 Å². The van der Waals surface area contributed by atoms with Gasteiger partial charge >= 0.3 is 0 Å². The number of hydrogen-bond donors (Lipinski definition) is 3. The SMILES string of the molecule is O=C(NNS(=O)(=O)c1cc2cccnc2n1SI)c1ccc(O)cc1. The van der Waals surface area contributed by atoms with Gasteiger partial charge < -0.3 is 5.11 Å². The lowest BCUT2D eigenvalue weighted by Gasteiger charge is -2.09. The van der Waals surface area contributed by atoms with Gasteiger partial charge in [0.25, 0.3) is 15.9 Å². The monoisotopic (exact) mass is 490 g/mol. The van der Waals surface area contributed by atoms with Gasteiger partial charge in [0.2, 0.25) is 0 Å². The Bertz CT molecular complexity index is 1030. The number of sulfonamides is 1. The molecule has 25 heavy (non-hydrogen) atoms. The fraction of sp³-hybridized carbons (Fsp3) is 0. The van der Waals surface area contributed by atoms with E-state index >= 15 is 0 Å². The van der Waals surface area contributed by atoms with Crippen LogP contribution in [0, 0.1) is 0 Å². The fourth-order valence-corrected chi connectivity index (χ4v) is 5.35. The summed E-state index contributed by atoms with van der Waals surface area (Å²) in [6.45, 7) is 0. The topological polar surface area (TPSA) is 113 Å². The molecular weight excluding hydrogens is 479 g/mol. The van der Waals surface area contributed by atoms with E-state index in [1.165, 1.54) is 34.3 Å². The van der Waals surface area contributed by atoms with Crippen molar-refractivity contribution >= 4 is 57.3 Å². The van der Waals surface area contributed by atoms with Crippen LogP contribution >= 0.6 is 30.3 Å². The highest BCUT2D eigenvalue weighted by Gasteiger charge is 2.23. The molecule has 3 rings (SSSR count). The minimum absolute atomic E-state index is 0.00761. The van der Waals surface area contributed by atoms with E-state index in [1.54, 1.807) is 18.3 Å². The number of hydrazine groups is 1. The molecule has 1 amide bonds. The molecule has 1 aromatic carbocycles. The molecule has 0 radical (unpaired) electrons. The number of aromatic hydroxyl groups is 1. The number of carbonyl (C=O) groups is 1. The van der Waals surface area contributed by atoms with Crippen molar-refractivity contribution in [2.75, 3.05) is 0 Å². The van der Waals surface area contributed by atoms with E-state index < -0.39 is 15.9 Å². The van der Waals surface area contributed by atoms with Crippen LogP contribution in [0.3, 0.4) is 0 Å². The second-order valence-corrected chi connectivity index (χ2v) is 8.18. The minimum atomic E-state index is -4.01. The van der Waals surface area contributed by atoms with Gasteiger partial charge in [-0.2, -0.15) is 0 Å². The van der Waals surface area contributed by atoms with Crippen LogP contribution in [0.1, 0.15) is 10.4 Å². The first-order valence-electron chi connectivity index (χ1n) is 6.79. The van der Waals surface area contributed by atoms with Crippen LogP contribution in [-0.2, 0) is 10.0 Å². The number of phenols is 1. The fourth-order valence-electron chi connectivity index (χ4n) is 2.09. The van der Waals surface area contributed by atoms with Crippen molar-refractivity contribution in [3.05, 3.63) is 54.2 Å². The van der Waals surface area contributed by atoms with Crippen LogP contribution in [0.15, 0.2) is 53.7 Å². The molecule has 3 aromatic rings. The van der Waals surface area contributed by atoms with Crippen LogP contribution in [-0.4, -0.2) is 28.4 Å². The lowest BCUT2D eigenvalue weighted by Crippen LogP contribution is -2.42. The quantitative estimate of drug-likeness (QED) is 0.374. The highest BCUT2D eigenvalue weighted by Crippen LogP contribution is 2.29. The van der Waals surface area contributed by atoms with E-state index in [9.17, 15) is 18.3 Å². The smallest absolute Gasteiger partial charge is 0.273 e. The van der Waals surface area contributed by atoms with Crippen molar-refractivity contribution in [2.24, 2.45) is 0 Å². The summed E-state index contributed by atoms with van der Waals surface area (Å²) >= 11 is 1.95. The Balaban J connectivity index is 1.85. The van der Waals surface area contributed by atoms with Gasteiger partial charge in [-0.15, -0.1) is 4.83 Å². The third kappa shape index (κ3) is 3.73. The lowest BCUT2D eigenvalue weighted by molar-refractivity contribution is 0.0945. The van der Waals surface area contributed by atoms with E-state index in [4.69, 9.17) is 0 Å². The molecule has 0 aliphatic rings. The van der Waals surface area contributed by atoms with E-state index in [0.29, 0.717) is 11.0 Å². The van der Waals surface area contributed by atoms with E-state index in [0.717, 1.165) is 9.12 Å². The third-order valence-electron chi connectivity index (χ3n) is 3.26. The molecule has 0 saturated carbocycles. The Morgan fingerprint density at radius 3 is 2.64 bits per heavy atom. The highest BCUT2D eigenvalue weighted by atomic mass is 127. The van der Waals surface area contributed by atoms with Crippen molar-refractivity contribution in [1.29, 1.82) is 0 Å². The summed E-state index contributed by atoms with van der Waals surface area (Å²) in [4.78, 5) is 18.3. The molecule has 8 nitrogen and oxygen atoms in total. The number of aromatic nitrogens is 2. The maximum atomic E-state index is 12.5. The van der Waals surface area contributed by atoms with Crippen LogP contribution in [0.25, 0.3) is 11.0 Å². The number of rotatable bonds is 5. The van der Waals surface area contributed by atoms with Crippen molar-refractivity contribution < 1.29 is 18.3 Å². The average molecular weight is 490 g/mol. The first kappa shape index (κ1) is 18.0. The molecule has 2 aromatic heterocycles. The molecular formula is C14H11IN4O4S2. The van der Waals surface area contributed by atoms with Crippen molar-refractivity contribution in [2.45, 2.75) is 5.03 Å². The van der Waals surface area contributed by atoms with Crippen molar-refractivity contribution in [3.8, 4) is 5.75 Å². The van der Waals surface area contributed by atoms with Crippen LogP contribution in [0.5, 0.6) is 5.75 Å². The zero-order valence-corrected chi connectivity index (χ0v) is 16.2. The first-order chi connectivity index (χ1) is 11.9. The number of phenolic OH excluding ortho intramolecular Hbond substituents is 1. The van der Waals surface area contributed by atoms with Gasteiger partial charge in [0, 0.05) is 47.5 Å². The molecule has 0 saturated heterocycles. The Hall–Kier alpha value is -1.83. The van der Waals surface area contributed by atoms with Gasteiger partial charge in [-0.3, -0.25) is 10.2 Å². The number of fused-ring (bicyclic) bond motifs is 1. The summed E-state index contributed by atoms with van der Waals surface area (Å²) in [6.07, 6.45) is 1.57. The van der Waals surface area contributed by atoms with Crippen molar-refractivity contribution in [3.63, 3.8) is 0 Å². The number of amides is 1. The summed E-state index contributed by atoms with van der Waals surface area (Å²) in [6, 6.07) is 10.4. The molecule has 0 bridgehead atoms. The number of nitrogens with one attached hydrogen (secondary N) is 2. The Morgan fingerprint density at radius 2 is 1.96 bits per heavy atom. The van der Waals surface area contributed by atoms with Crippen LogP contribution < -0.4 is 10.3 Å². The molecule has 130 valence electrons. The predicted molar refractivity (Wildman–Crippen MR) is 103 cm³/mol. The summed E-state index contributed by atoms with van der Waals surface area (Å²) in [5.41, 5.74) is 2.86. The number of carbonyl (C=O) groups excluding carboxylic acids is 1. The van der Waals surface area contributed by atoms with Gasteiger partial charge in [-0.05, 0) is 42.5 Å². The van der Waals surface area contributed by atoms with Crippen LogP contribution in [0.4, 0.5) is 0 Å². The van der Waals surface area contributed by atoms with Gasteiger partial charge in [0.15, 0.2) is 10.7 Å². The molecule has 0 fully saturated rings. The zero-order valence-electron chi connectivity index (χ0n) is 12.4. The number of halogens is 1. The normalized spacial score (nSPS) is 11.6. The summed E-state index contributed by atoms with van der Waals surface area (Å²) in [5.74, 6) is -0.639. The Kier molecular flexibility index (Phi) is 5.17. The summed E-state index contributed by atoms with van der Waals surface area (Å²) in [7, 11) is -2.85. The summed E-state index contributed by atoms with van der Waals surface area (Å²) in [5, 5.41) is 9.85. The highest BCUT2D eigenvalue weighted by molar-refractivity contribution is 14.2. The second kappa shape index (κ2) is 7.19. The van der Waals surface area contributed by atoms with E-state index in [1.807, 2.05) is 21.2 Å². The number of benzene rings is 1. The molecule has 0 aliphatic carbocycles. The third-order valence-corrected chi connectivity index (χ3v) is 6.29. The largest absolute Gasteiger partial charge is 0.508 e. The predicted octanol–water partition coefficient (Wildman–Crippen LogP) is 2.21. The number of pyridine rings is 1. The first-order valence-corrected chi connectivity index (χ1v) is 11.6. The molecule has 0 atom stereocenters. The van der Waals surface area contributed by atoms with Crippen molar-refractivity contribution in [1.82, 2.24) is 19.2 Å². The van der Waals surface area contributed by atoms with Crippen LogP contribution in [0.2, 0.25) is 0 Å². The van der Waals surface area contributed by atoms with Gasteiger partial charge in [-0.25, -0.2) is 17.4 Å². The van der Waals surface area contributed by atoms with Gasteiger partial charge in [0.1, 0.15) is 5.75 Å². The zero-order chi connectivity index (χ0) is 18.0. The molecule has 11 heteroatoms. The maximum Gasteiger partial charge on any atom is 0.273 e. The molecule has 2 heterocycles. The Morgan fingerprint density at radius 1 is 1.24 bits per heavy atom. The standard InChI is InChI=1S/C14H11IN4O4S2/c15-24-19-12(8-10-2-1-7-16-13(10)19)25(22,23)18-17-14(21)9-3-5-11(20)6-4-9/h1-8,18,20H,(H,17,21). The average Bonchev–Trinajstić information content (AvgIpc) is 3.00. The van der Waals surface area contributed by atoms with E-state index in [-0.39, 0.29) is 16.3 Å². The molecule has 0 unspecified atom stereocenters. The number of hydrogen-bond acceptors (Lipinski definition) is 6.